The highest BCUT2D eigenvalue weighted by molar-refractivity contribution is 9.10. The molecule has 1 spiro atoms. The maximum Gasteiger partial charge on any atom is 0.257 e. The van der Waals surface area contributed by atoms with Crippen LogP contribution in [0.4, 0.5) is 5.69 Å². The van der Waals surface area contributed by atoms with Gasteiger partial charge in [-0.2, -0.15) is 0 Å². The van der Waals surface area contributed by atoms with E-state index in [1.165, 1.54) is 0 Å². The van der Waals surface area contributed by atoms with Crippen molar-refractivity contribution in [2.45, 2.75) is 19.3 Å². The van der Waals surface area contributed by atoms with Gasteiger partial charge in [-0.25, -0.2) is 0 Å². The molecule has 0 radical (unpaired) electrons. The van der Waals surface area contributed by atoms with Crippen molar-refractivity contribution in [2.75, 3.05) is 38.8 Å². The van der Waals surface area contributed by atoms with Crippen LogP contribution >= 0.6 is 15.9 Å². The normalized spacial score (nSPS) is 18.0. The number of anilines is 1. The Bertz CT molecular complexity index is 969. The number of hydrogen-bond acceptors (Lipinski definition) is 4. The van der Waals surface area contributed by atoms with Crippen molar-refractivity contribution in [1.82, 2.24) is 4.90 Å². The highest BCUT2D eigenvalue weighted by Gasteiger charge is 2.49. The summed E-state index contributed by atoms with van der Waals surface area (Å²) in [6, 6.07) is 13.0. The summed E-state index contributed by atoms with van der Waals surface area (Å²) in [5.41, 5.74) is 1.03. The van der Waals surface area contributed by atoms with E-state index in [4.69, 9.17) is 9.47 Å². The number of amides is 2. The summed E-state index contributed by atoms with van der Waals surface area (Å²) in [7, 11) is 3.19. The number of nitrogens with zero attached hydrogens (tertiary/aromatic N) is 2. The van der Waals surface area contributed by atoms with Crippen LogP contribution in [0.1, 0.15) is 29.6 Å². The molecule has 2 aliphatic heterocycles. The first-order valence-electron chi connectivity index (χ1n) is 10.1. The number of para-hydroxylation sites is 1. The molecule has 158 valence electrons. The number of carbonyl (C=O) groups is 2. The first kappa shape index (κ1) is 20.7. The van der Waals surface area contributed by atoms with Crippen molar-refractivity contribution in [3.8, 4) is 11.5 Å². The van der Waals surface area contributed by atoms with Gasteiger partial charge in [-0.05, 0) is 59.5 Å². The molecule has 2 saturated heterocycles. The minimum absolute atomic E-state index is 0.0396. The lowest BCUT2D eigenvalue weighted by Crippen LogP contribution is -2.46. The number of halogens is 1. The second-order valence-electron chi connectivity index (χ2n) is 7.80. The Labute approximate surface area is 184 Å². The van der Waals surface area contributed by atoms with Crippen LogP contribution in [0.3, 0.4) is 0 Å². The predicted molar refractivity (Wildman–Crippen MR) is 118 cm³/mol. The van der Waals surface area contributed by atoms with Crippen molar-refractivity contribution in [2.24, 2.45) is 5.41 Å². The van der Waals surface area contributed by atoms with Crippen LogP contribution in [-0.2, 0) is 4.79 Å². The molecule has 0 saturated carbocycles. The second-order valence-corrected chi connectivity index (χ2v) is 8.65. The maximum absolute atomic E-state index is 13.4. The first-order chi connectivity index (χ1) is 14.5. The molecule has 2 fully saturated rings. The Morgan fingerprint density at radius 1 is 0.967 bits per heavy atom. The monoisotopic (exact) mass is 472 g/mol. The van der Waals surface area contributed by atoms with E-state index in [0.29, 0.717) is 49.5 Å². The SMILES string of the molecule is COc1cc(N2CCC3(CCN(C(=O)c4ccccc4OC)CC3)C2=O)ccc1Br. The molecule has 2 aromatic carbocycles. The summed E-state index contributed by atoms with van der Waals surface area (Å²) in [5, 5.41) is 0. The van der Waals surface area contributed by atoms with Crippen molar-refractivity contribution in [1.29, 1.82) is 0 Å². The third-order valence-electron chi connectivity index (χ3n) is 6.30. The van der Waals surface area contributed by atoms with Crippen molar-refractivity contribution in [3.05, 3.63) is 52.5 Å². The van der Waals surface area contributed by atoms with Gasteiger partial charge in [0.2, 0.25) is 5.91 Å². The fourth-order valence-electron chi connectivity index (χ4n) is 4.48. The largest absolute Gasteiger partial charge is 0.496 e. The van der Waals surface area contributed by atoms with Gasteiger partial charge in [0, 0.05) is 31.4 Å². The molecule has 0 N–H and O–H groups in total. The quantitative estimate of drug-likeness (QED) is 0.671. The zero-order valence-corrected chi connectivity index (χ0v) is 18.8. The summed E-state index contributed by atoms with van der Waals surface area (Å²) in [6.07, 6.45) is 2.16. The van der Waals surface area contributed by atoms with Gasteiger partial charge in [-0.15, -0.1) is 0 Å². The number of benzene rings is 2. The summed E-state index contributed by atoms with van der Waals surface area (Å²) in [4.78, 5) is 30.0. The molecule has 2 aliphatic rings. The third-order valence-corrected chi connectivity index (χ3v) is 6.96. The van der Waals surface area contributed by atoms with Gasteiger partial charge in [0.15, 0.2) is 0 Å². The Balaban J connectivity index is 1.47. The summed E-state index contributed by atoms with van der Waals surface area (Å²) in [6.45, 7) is 1.82. The van der Waals surface area contributed by atoms with Crippen LogP contribution in [0.15, 0.2) is 46.9 Å². The number of piperidine rings is 1. The molecular formula is C23H25BrN2O4. The lowest BCUT2D eigenvalue weighted by Gasteiger charge is -2.38. The molecule has 0 unspecified atom stereocenters. The Kier molecular flexibility index (Phi) is 5.73. The van der Waals surface area contributed by atoms with Gasteiger partial charge < -0.3 is 19.3 Å². The molecule has 6 nitrogen and oxygen atoms in total. The van der Waals surface area contributed by atoms with E-state index in [9.17, 15) is 9.59 Å². The topological polar surface area (TPSA) is 59.1 Å². The fraction of sp³-hybridized carbons (Fsp3) is 0.391. The van der Waals surface area contributed by atoms with Crippen LogP contribution in [0.5, 0.6) is 11.5 Å². The van der Waals surface area contributed by atoms with Crippen molar-refractivity contribution < 1.29 is 19.1 Å². The van der Waals surface area contributed by atoms with Gasteiger partial charge in [-0.3, -0.25) is 9.59 Å². The molecule has 0 aliphatic carbocycles. The standard InChI is InChI=1S/C23H25BrN2O4/c1-29-19-6-4-3-5-17(19)21(27)25-12-9-23(10-13-25)11-14-26(22(23)28)16-7-8-18(24)20(15-16)30-2/h3-8,15H,9-14H2,1-2H3. The van der Waals surface area contributed by atoms with Gasteiger partial charge in [0.1, 0.15) is 11.5 Å². The minimum atomic E-state index is -0.391. The molecule has 2 aromatic rings. The van der Waals surface area contributed by atoms with E-state index in [1.54, 1.807) is 26.4 Å². The zero-order valence-electron chi connectivity index (χ0n) is 17.2. The van der Waals surface area contributed by atoms with Crippen LogP contribution in [0.25, 0.3) is 0 Å². The lowest BCUT2D eigenvalue weighted by atomic mass is 9.77. The van der Waals surface area contributed by atoms with Gasteiger partial charge >= 0.3 is 0 Å². The van der Waals surface area contributed by atoms with Crippen LogP contribution in [0.2, 0.25) is 0 Å². The minimum Gasteiger partial charge on any atom is -0.496 e. The van der Waals surface area contributed by atoms with E-state index in [0.717, 1.165) is 16.6 Å². The smallest absolute Gasteiger partial charge is 0.257 e. The molecule has 0 atom stereocenters. The van der Waals surface area contributed by atoms with Gasteiger partial charge in [0.25, 0.3) is 5.91 Å². The summed E-state index contributed by atoms with van der Waals surface area (Å²) >= 11 is 3.46. The van der Waals surface area contributed by atoms with E-state index < -0.39 is 5.41 Å². The fourth-order valence-corrected chi connectivity index (χ4v) is 4.89. The average Bonchev–Trinajstić information content (AvgIpc) is 3.09. The first-order valence-corrected chi connectivity index (χ1v) is 10.9. The third kappa shape index (κ3) is 3.55. The van der Waals surface area contributed by atoms with Gasteiger partial charge in [0.05, 0.1) is 29.7 Å². The van der Waals surface area contributed by atoms with Crippen molar-refractivity contribution >= 4 is 33.4 Å². The zero-order chi connectivity index (χ0) is 21.3. The maximum atomic E-state index is 13.4. The van der Waals surface area contributed by atoms with E-state index in [2.05, 4.69) is 15.9 Å². The molecule has 4 rings (SSSR count). The second kappa shape index (κ2) is 8.30. The number of methoxy groups -OCH3 is 2. The molecule has 30 heavy (non-hydrogen) atoms. The molecule has 2 heterocycles. The van der Waals surface area contributed by atoms with Crippen LogP contribution in [-0.4, -0.2) is 50.6 Å². The highest BCUT2D eigenvalue weighted by atomic mass is 79.9. The van der Waals surface area contributed by atoms with Gasteiger partial charge in [-0.1, -0.05) is 12.1 Å². The number of carbonyl (C=O) groups excluding carboxylic acids is 2. The number of rotatable bonds is 4. The number of hydrogen-bond donors (Lipinski definition) is 0. The highest BCUT2D eigenvalue weighted by Crippen LogP contribution is 2.44. The molecular weight excluding hydrogens is 448 g/mol. The molecule has 0 bridgehead atoms. The molecule has 2 amide bonds. The number of ether oxygens (including phenoxy) is 2. The van der Waals surface area contributed by atoms with E-state index in [1.807, 2.05) is 40.1 Å². The summed E-state index contributed by atoms with van der Waals surface area (Å²) < 4.78 is 11.6. The van der Waals surface area contributed by atoms with Crippen LogP contribution < -0.4 is 14.4 Å². The molecule has 0 aromatic heterocycles. The lowest BCUT2D eigenvalue weighted by molar-refractivity contribution is -0.127. The van der Waals surface area contributed by atoms with E-state index in [-0.39, 0.29) is 11.8 Å². The Morgan fingerprint density at radius 3 is 2.33 bits per heavy atom. The van der Waals surface area contributed by atoms with E-state index >= 15 is 0 Å². The predicted octanol–water partition coefficient (Wildman–Crippen LogP) is 4.13. The Morgan fingerprint density at radius 2 is 1.63 bits per heavy atom. The number of likely N-dealkylation sites (tertiary alicyclic amines) is 1. The Hall–Kier alpha value is -2.54. The summed E-state index contributed by atoms with van der Waals surface area (Å²) in [5.74, 6) is 1.40. The van der Waals surface area contributed by atoms with Crippen molar-refractivity contribution in [3.63, 3.8) is 0 Å². The average molecular weight is 473 g/mol. The van der Waals surface area contributed by atoms with Crippen LogP contribution in [0, 0.1) is 5.41 Å². The molecule has 7 heteroatoms.